The van der Waals surface area contributed by atoms with Gasteiger partial charge in [-0.3, -0.25) is 4.79 Å². The monoisotopic (exact) mass is 638 g/mol. The molecule has 10 heteroatoms. The first kappa shape index (κ1) is 27.6. The number of aromatic nitrogens is 3. The maximum Gasteiger partial charge on any atom is 0.667 e. The van der Waals surface area contributed by atoms with E-state index in [2.05, 4.69) is 145 Å². The van der Waals surface area contributed by atoms with Crippen molar-refractivity contribution < 1.29 is 27.8 Å². The van der Waals surface area contributed by atoms with E-state index in [1.54, 1.807) is 0 Å². The van der Waals surface area contributed by atoms with E-state index in [-0.39, 0.29) is 6.61 Å². The third kappa shape index (κ3) is 2.86. The second-order valence-electron chi connectivity index (χ2n) is 13.0. The van der Waals surface area contributed by atoms with Crippen molar-refractivity contribution in [2.75, 3.05) is 19.7 Å². The second-order valence-corrected chi connectivity index (χ2v) is 13.0. The Labute approximate surface area is 279 Å². The number of hydrogen-bond donors (Lipinski definition) is 0. The third-order valence-corrected chi connectivity index (χ3v) is 11.2. The SMILES string of the molecule is CCN1C=CN(CC)C1=C1C2=[N+]3C(=C(C)C4=[N+]5C(=C(c6n(CC)cc[n+]6CC)C6=[N+]7C(=C(COC=O)c8ccc1n8[C@@]537)C=C6)C=C4)C=C2. The number of aryl methyl sites for hydroxylation is 2. The fourth-order valence-corrected chi connectivity index (χ4v) is 9.25. The normalized spacial score (nSPS) is 23.5. The minimum Gasteiger partial charge on any atom is -0.463 e. The van der Waals surface area contributed by atoms with E-state index in [1.807, 2.05) is 0 Å². The Bertz CT molecular complexity index is 2280. The molecule has 2 aromatic rings. The lowest BCUT2D eigenvalue weighted by molar-refractivity contribution is -1.00. The molecule has 0 bridgehead atoms. The zero-order valence-corrected chi connectivity index (χ0v) is 27.9. The molecule has 0 fully saturated rings. The summed E-state index contributed by atoms with van der Waals surface area (Å²) in [4.78, 5) is 16.4. The van der Waals surface area contributed by atoms with Crippen LogP contribution in [0.15, 0.2) is 102 Å². The molecule has 10 nitrogen and oxygen atoms in total. The number of ether oxygens (including phenoxy) is 1. The minimum atomic E-state index is -0.802. The quantitative estimate of drug-likeness (QED) is 0.327. The number of carbonyl (C=O) groups is 1. The molecular formula is C38H38N8O2+4. The van der Waals surface area contributed by atoms with Gasteiger partial charge in [-0.05, 0) is 60.5 Å². The van der Waals surface area contributed by atoms with Gasteiger partial charge in [0, 0.05) is 61.9 Å². The van der Waals surface area contributed by atoms with Gasteiger partial charge in [0.1, 0.15) is 30.4 Å². The van der Waals surface area contributed by atoms with Crippen LogP contribution in [0, 0.1) is 0 Å². The first-order valence-corrected chi connectivity index (χ1v) is 17.1. The summed E-state index contributed by atoms with van der Waals surface area (Å²) in [6, 6.07) is 4.50. The Balaban J connectivity index is 1.40. The summed E-state index contributed by atoms with van der Waals surface area (Å²) in [5.74, 6) is 1.57. The Kier molecular flexibility index (Phi) is 5.35. The highest BCUT2D eigenvalue weighted by Gasteiger charge is 2.82. The lowest BCUT2D eigenvalue weighted by atomic mass is 9.97. The summed E-state index contributed by atoms with van der Waals surface area (Å²) in [7, 11) is 0. The molecule has 2 aromatic heterocycles. The standard InChI is InChI=1S/C38H38N8O2/c1-6-39-18-19-40(7-2)36(39)34-30-14-10-26-24(5)27-11-15-31-35(37-41(8-3)20-21-42(37)9-4)33-17-13-29-25(22-48-23-47)28-12-16-32(34)45(28)38(43(26)30,44(27)31)46(29)33/h10-21,23H,6-9,22H2,1-5H3/q+4/t38-/m0/s1. The van der Waals surface area contributed by atoms with Gasteiger partial charge in [-0.15, -0.1) is 0 Å². The van der Waals surface area contributed by atoms with Crippen molar-refractivity contribution in [1.29, 1.82) is 0 Å². The van der Waals surface area contributed by atoms with Gasteiger partial charge in [0.25, 0.3) is 6.47 Å². The zero-order chi connectivity index (χ0) is 32.6. The molecule has 1 spiro atoms. The Morgan fingerprint density at radius 2 is 1.42 bits per heavy atom. The van der Waals surface area contributed by atoms with E-state index in [0.717, 1.165) is 54.5 Å². The molecule has 0 aromatic carbocycles. The van der Waals surface area contributed by atoms with Crippen molar-refractivity contribution >= 4 is 40.3 Å². The summed E-state index contributed by atoms with van der Waals surface area (Å²) in [5.41, 5.74) is 13.8. The number of imidazole rings is 1. The molecule has 0 aliphatic carbocycles. The number of nitrogens with zero attached hydrogens (tertiary/aromatic N) is 8. The van der Waals surface area contributed by atoms with Gasteiger partial charge in [0.2, 0.25) is 39.8 Å². The average Bonchev–Trinajstić information content (AvgIpc) is 3.95. The Morgan fingerprint density at radius 3 is 2.12 bits per heavy atom. The summed E-state index contributed by atoms with van der Waals surface area (Å²) in [5, 5.41) is 0. The minimum absolute atomic E-state index is 0.180. The van der Waals surface area contributed by atoms with Crippen LogP contribution in [-0.2, 0) is 28.5 Å². The van der Waals surface area contributed by atoms with E-state index in [9.17, 15) is 4.79 Å². The second kappa shape index (κ2) is 9.31. The number of rotatable bonds is 8. The fraction of sp³-hybridized carbons (Fsp3) is 0.289. The molecule has 0 unspecified atom stereocenters. The molecule has 0 saturated heterocycles. The molecular weight excluding hydrogens is 600 g/mol. The predicted molar refractivity (Wildman–Crippen MR) is 181 cm³/mol. The van der Waals surface area contributed by atoms with Crippen molar-refractivity contribution in [3.05, 3.63) is 119 Å². The van der Waals surface area contributed by atoms with Crippen LogP contribution in [0.1, 0.15) is 51.8 Å². The molecule has 238 valence electrons. The summed E-state index contributed by atoms with van der Waals surface area (Å²) in [6.07, 6.45) is 22.5. The maximum absolute atomic E-state index is 11.7. The molecule has 0 saturated carbocycles. The van der Waals surface area contributed by atoms with E-state index in [0.29, 0.717) is 6.47 Å². The van der Waals surface area contributed by atoms with Crippen molar-refractivity contribution in [2.24, 2.45) is 0 Å². The number of allylic oxidation sites excluding steroid dienone is 9. The average molecular weight is 639 g/mol. The van der Waals surface area contributed by atoms with Crippen LogP contribution in [0.25, 0.3) is 16.7 Å². The van der Waals surface area contributed by atoms with Gasteiger partial charge in [0.05, 0.1) is 35.6 Å². The summed E-state index contributed by atoms with van der Waals surface area (Å²) >= 11 is 0. The molecule has 8 aliphatic rings. The van der Waals surface area contributed by atoms with Crippen LogP contribution < -0.4 is 4.57 Å². The van der Waals surface area contributed by atoms with Gasteiger partial charge in [-0.25, -0.2) is 9.13 Å². The van der Waals surface area contributed by atoms with Crippen LogP contribution >= 0.6 is 0 Å². The van der Waals surface area contributed by atoms with Gasteiger partial charge < -0.3 is 14.5 Å². The molecule has 48 heavy (non-hydrogen) atoms. The van der Waals surface area contributed by atoms with Crippen LogP contribution in [0.4, 0.5) is 0 Å². The maximum atomic E-state index is 11.7. The topological polar surface area (TPSA) is 55.5 Å². The lowest BCUT2D eigenvalue weighted by Gasteiger charge is -2.37. The molecule has 0 N–H and O–H groups in total. The van der Waals surface area contributed by atoms with E-state index in [4.69, 9.17) is 4.74 Å². The number of carbonyl (C=O) groups excluding carboxylic acids is 1. The Hall–Kier alpha value is -5.51. The fourth-order valence-electron chi connectivity index (χ4n) is 9.25. The smallest absolute Gasteiger partial charge is 0.463 e. The molecule has 0 amide bonds. The van der Waals surface area contributed by atoms with Crippen molar-refractivity contribution in [3.8, 4) is 0 Å². The molecule has 1 atom stereocenters. The first-order chi connectivity index (χ1) is 23.5. The van der Waals surface area contributed by atoms with Gasteiger partial charge in [-0.1, -0.05) is 0 Å². The van der Waals surface area contributed by atoms with Crippen molar-refractivity contribution in [2.45, 2.75) is 53.6 Å². The first-order valence-electron chi connectivity index (χ1n) is 17.1. The van der Waals surface area contributed by atoms with E-state index < -0.39 is 5.91 Å². The zero-order valence-electron chi connectivity index (χ0n) is 27.9. The van der Waals surface area contributed by atoms with Gasteiger partial charge in [0.15, 0.2) is 0 Å². The Morgan fingerprint density at radius 1 is 0.771 bits per heavy atom. The van der Waals surface area contributed by atoms with Gasteiger partial charge in [-0.2, -0.15) is 4.57 Å². The molecule has 0 radical (unpaired) electrons. The van der Waals surface area contributed by atoms with Crippen LogP contribution in [0.5, 0.6) is 0 Å². The summed E-state index contributed by atoms with van der Waals surface area (Å²) in [6.45, 7) is 15.3. The lowest BCUT2D eigenvalue weighted by Crippen LogP contribution is -2.68. The third-order valence-electron chi connectivity index (χ3n) is 11.2. The molecule has 8 aliphatic heterocycles. The predicted octanol–water partition coefficient (Wildman–Crippen LogP) is 3.68. The van der Waals surface area contributed by atoms with E-state index in [1.165, 1.54) is 51.2 Å². The van der Waals surface area contributed by atoms with Crippen LogP contribution in [0.3, 0.4) is 0 Å². The summed E-state index contributed by atoms with van der Waals surface area (Å²) < 4.78 is 20.5. The van der Waals surface area contributed by atoms with Crippen LogP contribution in [0.2, 0.25) is 0 Å². The van der Waals surface area contributed by atoms with Crippen LogP contribution in [-0.4, -0.2) is 76.0 Å². The molecule has 10 heterocycles. The highest BCUT2D eigenvalue weighted by Crippen LogP contribution is 2.55. The van der Waals surface area contributed by atoms with Crippen molar-refractivity contribution in [3.63, 3.8) is 0 Å². The highest BCUT2D eigenvalue weighted by molar-refractivity contribution is 6.30. The largest absolute Gasteiger partial charge is 0.667 e. The number of hydrogen-bond acceptors (Lipinski definition) is 4. The van der Waals surface area contributed by atoms with Gasteiger partial charge >= 0.3 is 11.7 Å². The highest BCUT2D eigenvalue weighted by atomic mass is 16.5. The van der Waals surface area contributed by atoms with E-state index >= 15 is 0 Å². The van der Waals surface area contributed by atoms with Crippen molar-refractivity contribution in [1.82, 2.24) is 18.9 Å². The molecule has 10 rings (SSSR count).